The van der Waals surface area contributed by atoms with Gasteiger partial charge in [0.2, 0.25) is 0 Å². The summed E-state index contributed by atoms with van der Waals surface area (Å²) >= 11 is 1.27. The highest BCUT2D eigenvalue weighted by Gasteiger charge is 2.39. The Morgan fingerprint density at radius 3 is 2.63 bits per heavy atom. The molecule has 0 saturated carbocycles. The van der Waals surface area contributed by atoms with E-state index in [9.17, 15) is 4.79 Å². The summed E-state index contributed by atoms with van der Waals surface area (Å²) in [6.07, 6.45) is 3.84. The first-order valence-corrected chi connectivity index (χ1v) is 17.6. The Kier molecular flexibility index (Phi) is 7.34. The van der Waals surface area contributed by atoms with E-state index in [2.05, 4.69) is 61.6 Å². The van der Waals surface area contributed by atoms with Gasteiger partial charge in [-0.25, -0.2) is 9.67 Å². The number of thiazole rings is 1. The largest absolute Gasteiger partial charge is 0.375 e. The molecule has 1 saturated heterocycles. The molecule has 4 aromatic rings. The molecule has 10 heteroatoms. The lowest BCUT2D eigenvalue weighted by molar-refractivity contribution is -0.0168. The highest BCUT2D eigenvalue weighted by atomic mass is 32.1. The molecule has 1 unspecified atom stereocenters. The second-order valence-electron chi connectivity index (χ2n) is 11.7. The van der Waals surface area contributed by atoms with Gasteiger partial charge < -0.3 is 14.4 Å². The summed E-state index contributed by atoms with van der Waals surface area (Å²) < 4.78 is 15.9. The molecule has 1 aliphatic rings. The molecule has 1 aromatic carbocycles. The van der Waals surface area contributed by atoms with Crippen LogP contribution in [0.3, 0.4) is 0 Å². The molecule has 0 amide bonds. The van der Waals surface area contributed by atoms with E-state index in [1.807, 2.05) is 35.3 Å². The predicted octanol–water partition coefficient (Wildman–Crippen LogP) is 5.33. The van der Waals surface area contributed by atoms with Crippen LogP contribution in [-0.2, 0) is 16.2 Å². The molecule has 4 heterocycles. The van der Waals surface area contributed by atoms with Crippen molar-refractivity contribution in [2.24, 2.45) is 0 Å². The van der Waals surface area contributed by atoms with Crippen molar-refractivity contribution in [1.29, 1.82) is 0 Å². The average Bonchev–Trinajstić information content (AvgIpc) is 3.48. The first-order valence-electron chi connectivity index (χ1n) is 13.1. The molecule has 0 N–H and O–H groups in total. The van der Waals surface area contributed by atoms with Crippen LogP contribution in [0.2, 0.25) is 25.7 Å². The van der Waals surface area contributed by atoms with E-state index in [0.717, 1.165) is 52.1 Å². The number of benzene rings is 1. The highest BCUT2D eigenvalue weighted by Crippen LogP contribution is 2.30. The highest BCUT2D eigenvalue weighted by molar-refractivity contribution is 7.16. The van der Waals surface area contributed by atoms with Crippen molar-refractivity contribution < 1.29 is 9.47 Å². The summed E-state index contributed by atoms with van der Waals surface area (Å²) in [5, 5.41) is 4.81. The molecule has 0 bridgehead atoms. The van der Waals surface area contributed by atoms with Gasteiger partial charge in [0, 0.05) is 38.9 Å². The van der Waals surface area contributed by atoms with Gasteiger partial charge in [0.15, 0.2) is 5.82 Å². The minimum Gasteiger partial charge on any atom is -0.375 e. The summed E-state index contributed by atoms with van der Waals surface area (Å²) in [6, 6.07) is 13.4. The van der Waals surface area contributed by atoms with Gasteiger partial charge in [-0.15, -0.1) is 14.1 Å². The normalized spacial score (nSPS) is 16.1. The zero-order valence-corrected chi connectivity index (χ0v) is 24.9. The van der Waals surface area contributed by atoms with Crippen molar-refractivity contribution in [3.63, 3.8) is 0 Å². The van der Waals surface area contributed by atoms with E-state index in [0.29, 0.717) is 13.3 Å². The van der Waals surface area contributed by atoms with Crippen molar-refractivity contribution in [1.82, 2.24) is 19.3 Å². The summed E-state index contributed by atoms with van der Waals surface area (Å²) in [5.74, 6) is 0.855. The predicted molar refractivity (Wildman–Crippen MR) is 157 cm³/mol. The van der Waals surface area contributed by atoms with Crippen LogP contribution >= 0.6 is 11.3 Å². The SMILES string of the molecule is COC1(C)CN(c2ccc(-n3ccc(C(C)c4ccc5c(c4)sc(=O)n5COCC[Si-](C)(C)C)n3)nc2)C1. The average molecular weight is 552 g/mol. The van der Waals surface area contributed by atoms with Crippen LogP contribution in [0, 0.1) is 0 Å². The fourth-order valence-corrected chi connectivity index (χ4v) is 6.33. The number of rotatable bonds is 10. The summed E-state index contributed by atoms with van der Waals surface area (Å²) in [4.78, 5) is 19.6. The molecular weight excluding hydrogens is 514 g/mol. The van der Waals surface area contributed by atoms with Crippen LogP contribution in [0.15, 0.2) is 53.6 Å². The number of methoxy groups -OCH3 is 1. The Balaban J connectivity index is 1.26. The third kappa shape index (κ3) is 5.63. The Morgan fingerprint density at radius 2 is 1.95 bits per heavy atom. The lowest BCUT2D eigenvalue weighted by Gasteiger charge is -2.48. The standard InChI is InChI=1S/C28H37N5O3SSi/c1-20(21-7-9-24-25(15-21)37-27(34)32(24)19-36-13-14-38(4,5)6)23-11-12-33(30-23)26-10-8-22(16-29-26)31-17-28(2,18-31)35-3/h7-12,15-16,20H,13-14,17-19H2,1-6H3/q-1. The molecule has 1 atom stereocenters. The zero-order valence-electron chi connectivity index (χ0n) is 23.1. The maximum Gasteiger partial charge on any atom is 0.310 e. The van der Waals surface area contributed by atoms with Gasteiger partial charge in [-0.3, -0.25) is 9.36 Å². The second kappa shape index (κ2) is 10.4. The molecule has 0 radical (unpaired) electrons. The minimum absolute atomic E-state index is 0.0154. The van der Waals surface area contributed by atoms with Gasteiger partial charge in [0.25, 0.3) is 0 Å². The number of aromatic nitrogens is 4. The van der Waals surface area contributed by atoms with Gasteiger partial charge >= 0.3 is 4.87 Å². The van der Waals surface area contributed by atoms with Crippen LogP contribution in [0.4, 0.5) is 5.69 Å². The van der Waals surface area contributed by atoms with Gasteiger partial charge in [-0.2, -0.15) is 24.7 Å². The number of pyridine rings is 1. The minimum atomic E-state index is -1.16. The van der Waals surface area contributed by atoms with Gasteiger partial charge in [0.05, 0.1) is 33.4 Å². The van der Waals surface area contributed by atoms with Gasteiger partial charge in [0.1, 0.15) is 6.73 Å². The lowest BCUT2D eigenvalue weighted by atomic mass is 9.96. The Labute approximate surface area is 228 Å². The van der Waals surface area contributed by atoms with Crippen LogP contribution < -0.4 is 9.77 Å². The monoisotopic (exact) mass is 551 g/mol. The smallest absolute Gasteiger partial charge is 0.310 e. The number of fused-ring (bicyclic) bond motifs is 1. The fourth-order valence-electron chi connectivity index (χ4n) is 4.65. The molecule has 1 fully saturated rings. The van der Waals surface area contributed by atoms with Gasteiger partial charge in [-0.1, -0.05) is 24.3 Å². The van der Waals surface area contributed by atoms with Crippen LogP contribution in [0.5, 0.6) is 0 Å². The quantitative estimate of drug-likeness (QED) is 0.196. The van der Waals surface area contributed by atoms with E-state index in [-0.39, 0.29) is 16.4 Å². The maximum atomic E-state index is 12.7. The van der Waals surface area contributed by atoms with Crippen LogP contribution in [-0.4, -0.2) is 59.8 Å². The van der Waals surface area contributed by atoms with Crippen molar-refractivity contribution in [3.05, 3.63) is 69.7 Å². The number of nitrogens with zero attached hydrogens (tertiary/aromatic N) is 5. The zero-order chi connectivity index (χ0) is 27.1. The molecule has 8 nitrogen and oxygen atoms in total. The first kappa shape index (κ1) is 26.8. The molecule has 1 aliphatic heterocycles. The third-order valence-electron chi connectivity index (χ3n) is 7.34. The Hall–Kier alpha value is -2.79. The molecule has 203 valence electrons. The van der Waals surface area contributed by atoms with E-state index < -0.39 is 8.07 Å². The van der Waals surface area contributed by atoms with Crippen LogP contribution in [0.1, 0.15) is 31.0 Å². The lowest BCUT2D eigenvalue weighted by Crippen LogP contribution is -2.61. The fraction of sp³-hybridized carbons (Fsp3) is 0.464. The first-order chi connectivity index (χ1) is 18.0. The summed E-state index contributed by atoms with van der Waals surface area (Å²) in [7, 11) is 0.602. The van der Waals surface area contributed by atoms with Crippen molar-refractivity contribution in [3.8, 4) is 5.82 Å². The Morgan fingerprint density at radius 1 is 1.16 bits per heavy atom. The van der Waals surface area contributed by atoms with Crippen molar-refractivity contribution in [2.45, 2.75) is 57.8 Å². The number of hydrogen-bond donors (Lipinski definition) is 0. The molecule has 0 spiro atoms. The molecule has 3 aromatic heterocycles. The maximum absolute atomic E-state index is 12.7. The van der Waals surface area contributed by atoms with E-state index >= 15 is 0 Å². The number of hydrogen-bond acceptors (Lipinski definition) is 7. The van der Waals surface area contributed by atoms with E-state index in [1.54, 1.807) is 11.7 Å². The number of anilines is 1. The van der Waals surface area contributed by atoms with E-state index in [1.165, 1.54) is 11.3 Å². The number of ether oxygens (including phenoxy) is 2. The Bertz CT molecular complexity index is 1460. The second-order valence-corrected chi connectivity index (χ2v) is 18.3. The molecule has 38 heavy (non-hydrogen) atoms. The van der Waals surface area contributed by atoms with Crippen molar-refractivity contribution in [2.75, 3.05) is 31.7 Å². The van der Waals surface area contributed by atoms with Crippen LogP contribution in [0.25, 0.3) is 16.0 Å². The third-order valence-corrected chi connectivity index (χ3v) is 9.98. The molecule has 0 aliphatic carbocycles. The van der Waals surface area contributed by atoms with Gasteiger partial charge in [-0.05, 0) is 42.8 Å². The molecular formula is C28H37N5O3SSi-. The molecule has 5 rings (SSSR count). The topological polar surface area (TPSA) is 74.4 Å². The summed E-state index contributed by atoms with van der Waals surface area (Å²) in [5.41, 5.74) is 4.01. The summed E-state index contributed by atoms with van der Waals surface area (Å²) in [6.45, 7) is 14.0. The van der Waals surface area contributed by atoms with Crippen molar-refractivity contribution >= 4 is 35.3 Å². The van der Waals surface area contributed by atoms with E-state index in [4.69, 9.17) is 14.6 Å².